The molecule has 2 fully saturated rings. The van der Waals surface area contributed by atoms with Crippen LogP contribution in [0.3, 0.4) is 0 Å². The molecule has 2 aromatic carbocycles. The minimum absolute atomic E-state index is 0.0519. The number of rotatable bonds is 9. The quantitative estimate of drug-likeness (QED) is 0.634. The molecule has 0 unspecified atom stereocenters. The molecular formula is C22H25ClN2O5. The van der Waals surface area contributed by atoms with Crippen molar-refractivity contribution in [1.29, 1.82) is 0 Å². The molecule has 2 atom stereocenters. The molecule has 30 heavy (non-hydrogen) atoms. The van der Waals surface area contributed by atoms with E-state index in [1.54, 1.807) is 41.5 Å². The van der Waals surface area contributed by atoms with Gasteiger partial charge in [-0.1, -0.05) is 23.7 Å². The Morgan fingerprint density at radius 2 is 2.00 bits per heavy atom. The van der Waals surface area contributed by atoms with Gasteiger partial charge in [-0.25, -0.2) is 0 Å². The smallest absolute Gasteiger partial charge is 0.255 e. The van der Waals surface area contributed by atoms with Crippen LogP contribution in [0.1, 0.15) is 23.2 Å². The number of ether oxygens (including phenoxy) is 2. The van der Waals surface area contributed by atoms with Gasteiger partial charge in [0.1, 0.15) is 36.9 Å². The van der Waals surface area contributed by atoms with Crippen LogP contribution in [0.2, 0.25) is 5.02 Å². The fourth-order valence-electron chi connectivity index (χ4n) is 3.17. The minimum Gasteiger partial charge on any atom is -0.490 e. The Kier molecular flexibility index (Phi) is 6.74. The number of carbonyl (C=O) groups excluding carboxylic acids is 1. The highest BCUT2D eigenvalue weighted by Crippen LogP contribution is 2.23. The first kappa shape index (κ1) is 20.9. The number of amides is 1. The predicted molar refractivity (Wildman–Crippen MR) is 112 cm³/mol. The molecule has 8 heteroatoms. The maximum Gasteiger partial charge on any atom is 0.255 e. The standard InChI is InChI=1S/C22H25ClN2O5/c23-15-5-9-18(10-6-15)30-19-12-25(29-14-19)11-17(26)13-28-21-4-2-1-3-20(21)22(27)24-16-7-8-16/h1-6,9-10,16-17,19,26H,7-8,11-14H2,(H,24,27)/t17-,19+/m0/s1. The Bertz CT molecular complexity index is 859. The van der Waals surface area contributed by atoms with E-state index in [-0.39, 0.29) is 31.2 Å². The number of para-hydroxylation sites is 1. The molecule has 1 heterocycles. The molecule has 0 aromatic heterocycles. The lowest BCUT2D eigenvalue weighted by atomic mass is 10.2. The largest absolute Gasteiger partial charge is 0.490 e. The second-order valence-electron chi connectivity index (χ2n) is 7.55. The molecule has 1 amide bonds. The van der Waals surface area contributed by atoms with Crippen LogP contribution in [0.15, 0.2) is 48.5 Å². The van der Waals surface area contributed by atoms with Gasteiger partial charge in [0.15, 0.2) is 0 Å². The molecule has 7 nitrogen and oxygen atoms in total. The van der Waals surface area contributed by atoms with Crippen molar-refractivity contribution in [3.05, 3.63) is 59.1 Å². The monoisotopic (exact) mass is 432 g/mol. The second kappa shape index (κ2) is 9.66. The molecule has 2 aromatic rings. The van der Waals surface area contributed by atoms with Crippen molar-refractivity contribution in [3.8, 4) is 11.5 Å². The number of benzene rings is 2. The molecule has 160 valence electrons. The SMILES string of the molecule is O=C(NC1CC1)c1ccccc1OC[C@@H](O)CN1C[C@@H](Oc2ccc(Cl)cc2)CO1. The number of hydroxylamine groups is 2. The highest BCUT2D eigenvalue weighted by Gasteiger charge is 2.28. The van der Waals surface area contributed by atoms with Gasteiger partial charge in [-0.2, -0.15) is 5.06 Å². The summed E-state index contributed by atoms with van der Waals surface area (Å²) in [5.41, 5.74) is 0.477. The van der Waals surface area contributed by atoms with E-state index < -0.39 is 6.10 Å². The Morgan fingerprint density at radius 1 is 1.23 bits per heavy atom. The van der Waals surface area contributed by atoms with E-state index in [9.17, 15) is 9.90 Å². The van der Waals surface area contributed by atoms with Crippen LogP contribution >= 0.6 is 11.6 Å². The van der Waals surface area contributed by atoms with Gasteiger partial charge >= 0.3 is 0 Å². The number of hydrogen-bond acceptors (Lipinski definition) is 6. The number of aliphatic hydroxyl groups is 1. The first-order chi connectivity index (χ1) is 14.6. The first-order valence-corrected chi connectivity index (χ1v) is 10.5. The summed E-state index contributed by atoms with van der Waals surface area (Å²) in [6.45, 7) is 1.26. The molecule has 0 spiro atoms. The number of carbonyl (C=O) groups is 1. The summed E-state index contributed by atoms with van der Waals surface area (Å²) < 4.78 is 11.6. The van der Waals surface area contributed by atoms with Gasteiger partial charge in [-0.05, 0) is 49.2 Å². The molecule has 0 bridgehead atoms. The summed E-state index contributed by atoms with van der Waals surface area (Å²) in [5, 5.41) is 15.6. The van der Waals surface area contributed by atoms with Crippen LogP contribution in [-0.4, -0.2) is 60.6 Å². The van der Waals surface area contributed by atoms with Gasteiger partial charge < -0.3 is 19.9 Å². The van der Waals surface area contributed by atoms with E-state index >= 15 is 0 Å². The molecule has 2 aliphatic rings. The maximum absolute atomic E-state index is 12.3. The lowest BCUT2D eigenvalue weighted by Crippen LogP contribution is -2.35. The molecule has 2 N–H and O–H groups in total. The zero-order valence-corrected chi connectivity index (χ0v) is 17.3. The summed E-state index contributed by atoms with van der Waals surface area (Å²) >= 11 is 5.88. The number of β-amino-alcohol motifs (C(OH)–C–C–N with tert-alkyl or cyclic N) is 1. The molecule has 4 rings (SSSR count). The Hall–Kier alpha value is -2.32. The van der Waals surface area contributed by atoms with Crippen molar-refractivity contribution in [2.75, 3.05) is 26.3 Å². The highest BCUT2D eigenvalue weighted by atomic mass is 35.5. The average molecular weight is 433 g/mol. The third-order valence-electron chi connectivity index (χ3n) is 4.86. The first-order valence-electron chi connectivity index (χ1n) is 10.1. The van der Waals surface area contributed by atoms with Crippen molar-refractivity contribution < 1.29 is 24.2 Å². The summed E-state index contributed by atoms with van der Waals surface area (Å²) in [5.74, 6) is 1.04. The Labute approximate surface area is 180 Å². The normalized spacial score (nSPS) is 20.0. The van der Waals surface area contributed by atoms with Crippen LogP contribution < -0.4 is 14.8 Å². The Morgan fingerprint density at radius 3 is 2.77 bits per heavy atom. The van der Waals surface area contributed by atoms with Gasteiger partial charge in [0.05, 0.1) is 18.7 Å². The lowest BCUT2D eigenvalue weighted by molar-refractivity contribution is -0.131. The number of halogens is 1. The summed E-state index contributed by atoms with van der Waals surface area (Å²) in [4.78, 5) is 17.9. The lowest BCUT2D eigenvalue weighted by Gasteiger charge is -2.19. The molecule has 1 saturated carbocycles. The second-order valence-corrected chi connectivity index (χ2v) is 7.98. The third-order valence-corrected chi connectivity index (χ3v) is 5.11. The van der Waals surface area contributed by atoms with Crippen LogP contribution in [0, 0.1) is 0 Å². The van der Waals surface area contributed by atoms with Crippen LogP contribution in [0.5, 0.6) is 11.5 Å². The van der Waals surface area contributed by atoms with Crippen molar-refractivity contribution in [1.82, 2.24) is 10.4 Å². The molecule has 1 saturated heterocycles. The number of hydrogen-bond donors (Lipinski definition) is 2. The third kappa shape index (κ3) is 5.86. The van der Waals surface area contributed by atoms with Crippen molar-refractivity contribution in [2.24, 2.45) is 0 Å². The number of nitrogens with one attached hydrogen (secondary N) is 1. The van der Waals surface area contributed by atoms with Gasteiger partial charge in [-0.3, -0.25) is 9.63 Å². The minimum atomic E-state index is -0.779. The van der Waals surface area contributed by atoms with E-state index in [2.05, 4.69) is 5.32 Å². The van der Waals surface area contributed by atoms with Crippen molar-refractivity contribution in [2.45, 2.75) is 31.1 Å². The average Bonchev–Trinajstić information content (AvgIpc) is 3.45. The topological polar surface area (TPSA) is 80.3 Å². The predicted octanol–water partition coefficient (Wildman–Crippen LogP) is 2.67. The summed E-state index contributed by atoms with van der Waals surface area (Å²) in [6, 6.07) is 14.5. The van der Waals surface area contributed by atoms with Crippen LogP contribution in [-0.2, 0) is 4.84 Å². The van der Waals surface area contributed by atoms with E-state index in [1.807, 2.05) is 12.1 Å². The molecular weight excluding hydrogens is 408 g/mol. The number of aliphatic hydroxyl groups excluding tert-OH is 1. The van der Waals surface area contributed by atoms with Gasteiger partial charge in [-0.15, -0.1) is 0 Å². The Balaban J connectivity index is 1.23. The van der Waals surface area contributed by atoms with E-state index in [0.29, 0.717) is 29.5 Å². The fourth-order valence-corrected chi connectivity index (χ4v) is 3.30. The molecule has 1 aliphatic heterocycles. The van der Waals surface area contributed by atoms with Crippen molar-refractivity contribution >= 4 is 17.5 Å². The van der Waals surface area contributed by atoms with E-state index in [1.165, 1.54) is 0 Å². The highest BCUT2D eigenvalue weighted by molar-refractivity contribution is 6.30. The van der Waals surface area contributed by atoms with E-state index in [0.717, 1.165) is 18.6 Å². The number of nitrogens with zero attached hydrogens (tertiary/aromatic N) is 1. The van der Waals surface area contributed by atoms with E-state index in [4.69, 9.17) is 25.9 Å². The van der Waals surface area contributed by atoms with Crippen LogP contribution in [0.4, 0.5) is 0 Å². The van der Waals surface area contributed by atoms with Gasteiger partial charge in [0.25, 0.3) is 5.91 Å². The molecule has 0 radical (unpaired) electrons. The van der Waals surface area contributed by atoms with Gasteiger partial charge in [0.2, 0.25) is 0 Å². The summed E-state index contributed by atoms with van der Waals surface area (Å²) in [6.07, 6.45) is 1.13. The maximum atomic E-state index is 12.3. The zero-order chi connectivity index (χ0) is 20.9. The molecule has 1 aliphatic carbocycles. The zero-order valence-electron chi connectivity index (χ0n) is 16.5. The fraction of sp³-hybridized carbons (Fsp3) is 0.409. The summed E-state index contributed by atoms with van der Waals surface area (Å²) in [7, 11) is 0. The van der Waals surface area contributed by atoms with Crippen molar-refractivity contribution in [3.63, 3.8) is 0 Å². The van der Waals surface area contributed by atoms with Crippen LogP contribution in [0.25, 0.3) is 0 Å². The van der Waals surface area contributed by atoms with Gasteiger partial charge in [0, 0.05) is 11.1 Å².